The minimum absolute atomic E-state index is 0.234. The summed E-state index contributed by atoms with van der Waals surface area (Å²) in [5.74, 6) is 0. The summed E-state index contributed by atoms with van der Waals surface area (Å²) in [4.78, 5) is 2.62. The Hall–Kier alpha value is -0.120. The molecule has 2 heterocycles. The van der Waals surface area contributed by atoms with Gasteiger partial charge in [0.15, 0.2) is 0 Å². The van der Waals surface area contributed by atoms with E-state index in [1.807, 2.05) is 0 Å². The fourth-order valence-corrected chi connectivity index (χ4v) is 3.34. The molecule has 2 aliphatic rings. The molecule has 2 saturated heterocycles. The molecule has 2 rings (SSSR count). The van der Waals surface area contributed by atoms with Crippen LogP contribution in [0, 0.1) is 10.8 Å². The van der Waals surface area contributed by atoms with E-state index in [1.54, 1.807) is 0 Å². The Morgan fingerprint density at radius 1 is 1.22 bits per heavy atom. The molecule has 1 atom stereocenters. The Labute approximate surface area is 112 Å². The number of nitrogens with two attached hydrogens (primary N) is 1. The van der Waals surface area contributed by atoms with Gasteiger partial charge in [0.2, 0.25) is 0 Å². The summed E-state index contributed by atoms with van der Waals surface area (Å²) in [6, 6.07) is 0. The monoisotopic (exact) mass is 254 g/mol. The van der Waals surface area contributed by atoms with Gasteiger partial charge in [-0.15, -0.1) is 0 Å². The van der Waals surface area contributed by atoms with Crippen LogP contribution in [0.2, 0.25) is 0 Å². The van der Waals surface area contributed by atoms with Crippen LogP contribution >= 0.6 is 0 Å². The molecule has 18 heavy (non-hydrogen) atoms. The van der Waals surface area contributed by atoms with Crippen LogP contribution in [0.25, 0.3) is 0 Å². The van der Waals surface area contributed by atoms with Gasteiger partial charge in [-0.3, -0.25) is 0 Å². The molecule has 2 aliphatic heterocycles. The Morgan fingerprint density at radius 3 is 2.44 bits per heavy atom. The lowest BCUT2D eigenvalue weighted by molar-refractivity contribution is -0.0308. The Kier molecular flexibility index (Phi) is 4.68. The standard InChI is InChI=1S/C15H30N2O/c1-3-14(2)6-8-17(9-7-14)12-15(11-16)5-4-10-18-13-15/h3-13,16H2,1-2H3. The third kappa shape index (κ3) is 3.25. The van der Waals surface area contributed by atoms with E-state index in [-0.39, 0.29) is 5.41 Å². The van der Waals surface area contributed by atoms with Gasteiger partial charge in [0.1, 0.15) is 0 Å². The van der Waals surface area contributed by atoms with Crippen molar-refractivity contribution >= 4 is 0 Å². The lowest BCUT2D eigenvalue weighted by Gasteiger charge is -2.44. The highest BCUT2D eigenvalue weighted by atomic mass is 16.5. The van der Waals surface area contributed by atoms with Crippen molar-refractivity contribution in [3.63, 3.8) is 0 Å². The molecule has 0 bridgehead atoms. The van der Waals surface area contributed by atoms with Crippen molar-refractivity contribution in [3.8, 4) is 0 Å². The molecule has 1 unspecified atom stereocenters. The quantitative estimate of drug-likeness (QED) is 0.836. The predicted molar refractivity (Wildman–Crippen MR) is 75.6 cm³/mol. The Bertz CT molecular complexity index is 253. The fraction of sp³-hybridized carbons (Fsp3) is 1.00. The van der Waals surface area contributed by atoms with E-state index in [0.29, 0.717) is 5.41 Å². The number of piperidine rings is 1. The van der Waals surface area contributed by atoms with Crippen molar-refractivity contribution in [1.29, 1.82) is 0 Å². The van der Waals surface area contributed by atoms with Gasteiger partial charge in [-0.2, -0.15) is 0 Å². The van der Waals surface area contributed by atoms with Crippen molar-refractivity contribution in [2.75, 3.05) is 39.4 Å². The molecule has 0 aromatic carbocycles. The molecular formula is C15H30N2O. The van der Waals surface area contributed by atoms with E-state index in [1.165, 1.54) is 45.2 Å². The largest absolute Gasteiger partial charge is 0.381 e. The van der Waals surface area contributed by atoms with Crippen LogP contribution in [0.15, 0.2) is 0 Å². The van der Waals surface area contributed by atoms with Gasteiger partial charge in [0.25, 0.3) is 0 Å². The van der Waals surface area contributed by atoms with E-state index in [4.69, 9.17) is 10.5 Å². The highest BCUT2D eigenvalue weighted by Crippen LogP contribution is 2.36. The van der Waals surface area contributed by atoms with E-state index < -0.39 is 0 Å². The number of likely N-dealkylation sites (tertiary alicyclic amines) is 1. The number of hydrogen-bond donors (Lipinski definition) is 1. The zero-order valence-electron chi connectivity index (χ0n) is 12.2. The van der Waals surface area contributed by atoms with Gasteiger partial charge in [-0.1, -0.05) is 20.3 Å². The van der Waals surface area contributed by atoms with Crippen molar-refractivity contribution in [3.05, 3.63) is 0 Å². The maximum atomic E-state index is 6.03. The minimum Gasteiger partial charge on any atom is -0.381 e. The van der Waals surface area contributed by atoms with Crippen LogP contribution in [-0.4, -0.2) is 44.3 Å². The predicted octanol–water partition coefficient (Wildman–Crippen LogP) is 2.25. The van der Waals surface area contributed by atoms with Crippen molar-refractivity contribution in [1.82, 2.24) is 4.90 Å². The molecule has 3 nitrogen and oxygen atoms in total. The molecule has 0 radical (unpaired) electrons. The second kappa shape index (κ2) is 5.89. The molecule has 3 heteroatoms. The summed E-state index contributed by atoms with van der Waals surface area (Å²) < 4.78 is 5.67. The lowest BCUT2D eigenvalue weighted by atomic mass is 9.76. The van der Waals surface area contributed by atoms with Crippen LogP contribution in [0.5, 0.6) is 0 Å². The van der Waals surface area contributed by atoms with E-state index >= 15 is 0 Å². The SMILES string of the molecule is CCC1(C)CCN(CC2(CN)CCCOC2)CC1. The van der Waals surface area contributed by atoms with Gasteiger partial charge in [0.05, 0.1) is 6.61 Å². The highest BCUT2D eigenvalue weighted by molar-refractivity contribution is 4.89. The van der Waals surface area contributed by atoms with Gasteiger partial charge in [-0.05, 0) is 44.2 Å². The second-order valence-electron chi connectivity index (χ2n) is 6.80. The van der Waals surface area contributed by atoms with Gasteiger partial charge < -0.3 is 15.4 Å². The van der Waals surface area contributed by atoms with Gasteiger partial charge in [0, 0.05) is 25.1 Å². The number of rotatable bonds is 4. The minimum atomic E-state index is 0.234. The lowest BCUT2D eigenvalue weighted by Crippen LogP contribution is -2.50. The fourth-order valence-electron chi connectivity index (χ4n) is 3.34. The van der Waals surface area contributed by atoms with Crippen LogP contribution in [0.3, 0.4) is 0 Å². The first-order valence-corrected chi connectivity index (χ1v) is 7.62. The Morgan fingerprint density at radius 2 is 1.94 bits per heavy atom. The van der Waals surface area contributed by atoms with Crippen LogP contribution in [0.1, 0.15) is 46.0 Å². The number of nitrogens with zero attached hydrogens (tertiary/aromatic N) is 1. The van der Waals surface area contributed by atoms with E-state index in [0.717, 1.165) is 26.3 Å². The van der Waals surface area contributed by atoms with Crippen molar-refractivity contribution in [2.45, 2.75) is 46.0 Å². The summed E-state index contributed by atoms with van der Waals surface area (Å²) >= 11 is 0. The first-order chi connectivity index (χ1) is 8.61. The molecule has 0 aromatic heterocycles. The normalized spacial score (nSPS) is 33.5. The third-order valence-corrected chi connectivity index (χ3v) is 5.31. The molecule has 0 amide bonds. The van der Waals surface area contributed by atoms with Crippen LogP contribution in [0.4, 0.5) is 0 Å². The summed E-state index contributed by atoms with van der Waals surface area (Å²) in [5, 5.41) is 0. The van der Waals surface area contributed by atoms with Gasteiger partial charge in [-0.25, -0.2) is 0 Å². The zero-order chi connectivity index (χ0) is 13.1. The highest BCUT2D eigenvalue weighted by Gasteiger charge is 2.36. The maximum absolute atomic E-state index is 6.03. The average Bonchev–Trinajstić information content (AvgIpc) is 2.43. The van der Waals surface area contributed by atoms with Crippen LogP contribution < -0.4 is 5.73 Å². The average molecular weight is 254 g/mol. The topological polar surface area (TPSA) is 38.5 Å². The smallest absolute Gasteiger partial charge is 0.0546 e. The molecule has 0 spiro atoms. The molecule has 0 saturated carbocycles. The summed E-state index contributed by atoms with van der Waals surface area (Å²) in [6.07, 6.45) is 6.41. The van der Waals surface area contributed by atoms with E-state index in [9.17, 15) is 0 Å². The molecule has 0 aromatic rings. The molecular weight excluding hydrogens is 224 g/mol. The molecule has 2 fully saturated rings. The van der Waals surface area contributed by atoms with Gasteiger partial charge >= 0.3 is 0 Å². The first kappa shape index (κ1) is 14.3. The summed E-state index contributed by atoms with van der Waals surface area (Å²) in [6.45, 7) is 11.0. The second-order valence-corrected chi connectivity index (χ2v) is 6.80. The first-order valence-electron chi connectivity index (χ1n) is 7.62. The van der Waals surface area contributed by atoms with Crippen molar-refractivity contribution in [2.24, 2.45) is 16.6 Å². The number of ether oxygens (including phenoxy) is 1. The zero-order valence-corrected chi connectivity index (χ0v) is 12.2. The number of hydrogen-bond acceptors (Lipinski definition) is 3. The Balaban J connectivity index is 1.86. The molecule has 0 aliphatic carbocycles. The van der Waals surface area contributed by atoms with E-state index in [2.05, 4.69) is 18.7 Å². The van der Waals surface area contributed by atoms with Crippen LogP contribution in [-0.2, 0) is 4.74 Å². The molecule has 2 N–H and O–H groups in total. The maximum Gasteiger partial charge on any atom is 0.0546 e. The summed E-state index contributed by atoms with van der Waals surface area (Å²) in [7, 11) is 0. The summed E-state index contributed by atoms with van der Waals surface area (Å²) in [5.41, 5.74) is 6.84. The third-order valence-electron chi connectivity index (χ3n) is 5.31. The molecule has 106 valence electrons. The van der Waals surface area contributed by atoms with Crippen molar-refractivity contribution < 1.29 is 4.74 Å².